The van der Waals surface area contributed by atoms with Crippen LogP contribution in [-0.4, -0.2) is 11.8 Å². The smallest absolute Gasteiger partial charge is 0.232 e. The predicted molar refractivity (Wildman–Crippen MR) is 82.2 cm³/mol. The van der Waals surface area contributed by atoms with Gasteiger partial charge in [-0.15, -0.1) is 0 Å². The number of para-hydroxylation sites is 1. The molecule has 1 aliphatic rings. The third-order valence-corrected chi connectivity index (χ3v) is 3.60. The lowest BCUT2D eigenvalue weighted by Crippen LogP contribution is -2.30. The summed E-state index contributed by atoms with van der Waals surface area (Å²) >= 11 is 0. The van der Waals surface area contributed by atoms with E-state index in [0.717, 1.165) is 5.56 Å². The van der Waals surface area contributed by atoms with Crippen molar-refractivity contribution in [3.05, 3.63) is 59.7 Å². The molecule has 0 aromatic heterocycles. The van der Waals surface area contributed by atoms with E-state index >= 15 is 0 Å². The molecule has 0 bridgehead atoms. The minimum Gasteiger partial charge on any atom is -0.326 e. The summed E-state index contributed by atoms with van der Waals surface area (Å²) in [4.78, 5) is 24.2. The predicted octanol–water partition coefficient (Wildman–Crippen LogP) is 2.62. The van der Waals surface area contributed by atoms with Gasteiger partial charge in [-0.3, -0.25) is 9.59 Å². The molecule has 1 atom stereocenters. The Labute approximate surface area is 127 Å². The molecule has 2 aromatic carbocycles. The highest BCUT2D eigenvalue weighted by Crippen LogP contribution is 2.32. The van der Waals surface area contributed by atoms with Crippen molar-refractivity contribution in [3.8, 4) is 6.07 Å². The lowest BCUT2D eigenvalue weighted by Gasteiger charge is -2.24. The Kier molecular flexibility index (Phi) is 3.58. The van der Waals surface area contributed by atoms with Crippen LogP contribution < -0.4 is 10.6 Å². The van der Waals surface area contributed by atoms with E-state index in [1.54, 1.807) is 30.3 Å². The monoisotopic (exact) mass is 291 g/mol. The van der Waals surface area contributed by atoms with Crippen LogP contribution >= 0.6 is 0 Å². The largest absolute Gasteiger partial charge is 0.326 e. The van der Waals surface area contributed by atoms with Crippen LogP contribution in [0.1, 0.15) is 23.5 Å². The lowest BCUT2D eigenvalue weighted by molar-refractivity contribution is -0.123. The van der Waals surface area contributed by atoms with Crippen LogP contribution in [0.15, 0.2) is 48.5 Å². The fraction of sp³-hybridized carbons (Fsp3) is 0.118. The normalized spacial score (nSPS) is 16.1. The highest BCUT2D eigenvalue weighted by Gasteiger charge is 2.30. The summed E-state index contributed by atoms with van der Waals surface area (Å²) in [6, 6.07) is 15.9. The van der Waals surface area contributed by atoms with Gasteiger partial charge in [0.1, 0.15) is 0 Å². The summed E-state index contributed by atoms with van der Waals surface area (Å²) in [5, 5.41) is 14.3. The van der Waals surface area contributed by atoms with Crippen LogP contribution in [0.25, 0.3) is 0 Å². The van der Waals surface area contributed by atoms with Gasteiger partial charge >= 0.3 is 0 Å². The summed E-state index contributed by atoms with van der Waals surface area (Å²) in [5.74, 6) is -0.911. The molecule has 5 heteroatoms. The molecule has 0 saturated heterocycles. The van der Waals surface area contributed by atoms with E-state index in [1.807, 2.05) is 24.3 Å². The Balaban J connectivity index is 1.83. The van der Waals surface area contributed by atoms with Crippen molar-refractivity contribution in [2.45, 2.75) is 12.3 Å². The van der Waals surface area contributed by atoms with Crippen LogP contribution in [0.3, 0.4) is 0 Å². The topological polar surface area (TPSA) is 82.0 Å². The average Bonchev–Trinajstić information content (AvgIpc) is 2.54. The maximum atomic E-state index is 12.5. The van der Waals surface area contributed by atoms with E-state index in [-0.39, 0.29) is 18.2 Å². The quantitative estimate of drug-likeness (QED) is 0.892. The number of benzene rings is 2. The molecular weight excluding hydrogens is 278 g/mol. The first kappa shape index (κ1) is 13.8. The number of rotatable bonds is 2. The van der Waals surface area contributed by atoms with E-state index in [2.05, 4.69) is 10.6 Å². The first-order valence-corrected chi connectivity index (χ1v) is 6.87. The van der Waals surface area contributed by atoms with Gasteiger partial charge in [0, 0.05) is 17.8 Å². The standard InChI is InChI=1S/C17H13N3O2/c18-10-11-5-7-12(8-6-11)19-17(22)14-9-16(21)20-15-4-2-1-3-13(14)15/h1-8,14H,9H2,(H,19,22)(H,20,21)/t14-/m0/s1. The fourth-order valence-electron chi connectivity index (χ4n) is 2.50. The molecule has 3 rings (SSSR count). The number of carbonyl (C=O) groups excluding carboxylic acids is 2. The van der Waals surface area contributed by atoms with Crippen molar-refractivity contribution in [2.75, 3.05) is 10.6 Å². The third kappa shape index (κ3) is 2.67. The third-order valence-electron chi connectivity index (χ3n) is 3.60. The fourth-order valence-corrected chi connectivity index (χ4v) is 2.50. The van der Waals surface area contributed by atoms with E-state index in [1.165, 1.54) is 0 Å². The Morgan fingerprint density at radius 3 is 2.64 bits per heavy atom. The molecule has 2 aromatic rings. The average molecular weight is 291 g/mol. The number of anilines is 2. The van der Waals surface area contributed by atoms with Crippen LogP contribution in [0, 0.1) is 11.3 Å². The Bertz CT molecular complexity index is 775. The van der Waals surface area contributed by atoms with Crippen molar-refractivity contribution >= 4 is 23.2 Å². The first-order chi connectivity index (χ1) is 10.7. The van der Waals surface area contributed by atoms with Crippen molar-refractivity contribution in [1.82, 2.24) is 0 Å². The SMILES string of the molecule is N#Cc1ccc(NC(=O)[C@H]2CC(=O)Nc3ccccc32)cc1. The summed E-state index contributed by atoms with van der Waals surface area (Å²) < 4.78 is 0. The van der Waals surface area contributed by atoms with Gasteiger partial charge in [0.15, 0.2) is 0 Å². The van der Waals surface area contributed by atoms with E-state index in [9.17, 15) is 9.59 Å². The minimum atomic E-state index is -0.513. The van der Waals surface area contributed by atoms with Gasteiger partial charge in [-0.1, -0.05) is 18.2 Å². The van der Waals surface area contributed by atoms with Gasteiger partial charge in [0.05, 0.1) is 17.6 Å². The second kappa shape index (κ2) is 5.70. The van der Waals surface area contributed by atoms with E-state index < -0.39 is 5.92 Å². The molecular formula is C17H13N3O2. The Hall–Kier alpha value is -3.13. The second-order valence-electron chi connectivity index (χ2n) is 5.07. The van der Waals surface area contributed by atoms with Gasteiger partial charge in [-0.05, 0) is 35.9 Å². The Morgan fingerprint density at radius 1 is 1.18 bits per heavy atom. The number of nitriles is 1. The summed E-state index contributed by atoms with van der Waals surface area (Å²) in [6.45, 7) is 0. The van der Waals surface area contributed by atoms with Crippen molar-refractivity contribution in [2.24, 2.45) is 0 Å². The highest BCUT2D eigenvalue weighted by atomic mass is 16.2. The van der Waals surface area contributed by atoms with E-state index in [4.69, 9.17) is 5.26 Å². The molecule has 0 spiro atoms. The van der Waals surface area contributed by atoms with Crippen LogP contribution in [0.4, 0.5) is 11.4 Å². The molecule has 2 N–H and O–H groups in total. The molecule has 0 saturated carbocycles. The second-order valence-corrected chi connectivity index (χ2v) is 5.07. The number of nitrogens with one attached hydrogen (secondary N) is 2. The van der Waals surface area contributed by atoms with Gasteiger partial charge in [0.2, 0.25) is 11.8 Å². The number of fused-ring (bicyclic) bond motifs is 1. The molecule has 5 nitrogen and oxygen atoms in total. The van der Waals surface area contributed by atoms with Gasteiger partial charge in [-0.25, -0.2) is 0 Å². The number of amides is 2. The van der Waals surface area contributed by atoms with Crippen LogP contribution in [0.5, 0.6) is 0 Å². The first-order valence-electron chi connectivity index (χ1n) is 6.87. The molecule has 0 aliphatic carbocycles. The number of hydrogen-bond donors (Lipinski definition) is 2. The minimum absolute atomic E-state index is 0.124. The zero-order valence-corrected chi connectivity index (χ0v) is 11.7. The van der Waals surface area contributed by atoms with Crippen molar-refractivity contribution < 1.29 is 9.59 Å². The van der Waals surface area contributed by atoms with E-state index in [0.29, 0.717) is 16.9 Å². The maximum absolute atomic E-state index is 12.5. The lowest BCUT2D eigenvalue weighted by atomic mass is 9.90. The highest BCUT2D eigenvalue weighted by molar-refractivity contribution is 6.05. The maximum Gasteiger partial charge on any atom is 0.232 e. The summed E-state index contributed by atoms with van der Waals surface area (Å²) in [6.07, 6.45) is 0.124. The molecule has 108 valence electrons. The zero-order chi connectivity index (χ0) is 15.5. The molecule has 1 aliphatic heterocycles. The van der Waals surface area contributed by atoms with Gasteiger partial charge in [0.25, 0.3) is 0 Å². The Morgan fingerprint density at radius 2 is 1.91 bits per heavy atom. The van der Waals surface area contributed by atoms with Gasteiger partial charge < -0.3 is 10.6 Å². The zero-order valence-electron chi connectivity index (χ0n) is 11.7. The van der Waals surface area contributed by atoms with Crippen molar-refractivity contribution in [3.63, 3.8) is 0 Å². The summed E-state index contributed by atoms with van der Waals surface area (Å²) in [5.41, 5.74) is 2.62. The number of carbonyl (C=O) groups is 2. The molecule has 0 fully saturated rings. The molecule has 22 heavy (non-hydrogen) atoms. The molecule has 1 heterocycles. The molecule has 0 unspecified atom stereocenters. The van der Waals surface area contributed by atoms with Crippen LogP contribution in [-0.2, 0) is 9.59 Å². The van der Waals surface area contributed by atoms with Crippen LogP contribution in [0.2, 0.25) is 0 Å². The summed E-state index contributed by atoms with van der Waals surface area (Å²) in [7, 11) is 0. The van der Waals surface area contributed by atoms with Crippen molar-refractivity contribution in [1.29, 1.82) is 5.26 Å². The number of nitrogens with zero attached hydrogens (tertiary/aromatic N) is 1. The number of hydrogen-bond acceptors (Lipinski definition) is 3. The molecule has 0 radical (unpaired) electrons. The molecule has 2 amide bonds. The van der Waals surface area contributed by atoms with Gasteiger partial charge in [-0.2, -0.15) is 5.26 Å².